The highest BCUT2D eigenvalue weighted by atomic mass is 35.5. The highest BCUT2D eigenvalue weighted by molar-refractivity contribution is 6.33. The van der Waals surface area contributed by atoms with Crippen LogP contribution in [0.5, 0.6) is 0 Å². The quantitative estimate of drug-likeness (QED) is 0.894. The molecule has 0 saturated carbocycles. The summed E-state index contributed by atoms with van der Waals surface area (Å²) in [6, 6.07) is 7.55. The van der Waals surface area contributed by atoms with Crippen molar-refractivity contribution in [3.05, 3.63) is 28.8 Å². The fourth-order valence-corrected chi connectivity index (χ4v) is 3.16. The van der Waals surface area contributed by atoms with Crippen LogP contribution in [-0.4, -0.2) is 18.6 Å². The largest absolute Gasteiger partial charge is 0.367 e. The molecule has 1 aromatic rings. The van der Waals surface area contributed by atoms with Gasteiger partial charge in [0.2, 0.25) is 0 Å². The number of nitrogens with zero attached hydrogens (tertiary/aromatic N) is 1. The van der Waals surface area contributed by atoms with Crippen molar-refractivity contribution >= 4 is 17.3 Å². The molecule has 0 aliphatic carbocycles. The fourth-order valence-electron chi connectivity index (χ4n) is 2.85. The molecular formula is C16H25ClN2. The van der Waals surface area contributed by atoms with Crippen molar-refractivity contribution in [3.63, 3.8) is 0 Å². The third-order valence-corrected chi connectivity index (χ3v) is 4.12. The lowest BCUT2D eigenvalue weighted by atomic mass is 10.1. The first-order chi connectivity index (χ1) is 8.97. The molecule has 106 valence electrons. The zero-order valence-electron chi connectivity index (χ0n) is 12.4. The minimum atomic E-state index is 0.498. The first-order valence-electron chi connectivity index (χ1n) is 7.25. The predicted octanol–water partition coefficient (Wildman–Crippen LogP) is 4.07. The number of benzene rings is 1. The summed E-state index contributed by atoms with van der Waals surface area (Å²) in [6.07, 6.45) is 1.26. The molecule has 1 heterocycles. The Morgan fingerprint density at radius 3 is 2.63 bits per heavy atom. The zero-order valence-corrected chi connectivity index (χ0v) is 13.2. The van der Waals surface area contributed by atoms with Crippen LogP contribution < -0.4 is 10.2 Å². The van der Waals surface area contributed by atoms with Crippen LogP contribution in [-0.2, 0) is 6.54 Å². The van der Waals surface area contributed by atoms with Crippen molar-refractivity contribution in [1.29, 1.82) is 0 Å². The number of nitrogens with one attached hydrogen (secondary N) is 1. The van der Waals surface area contributed by atoms with E-state index in [1.807, 2.05) is 0 Å². The zero-order chi connectivity index (χ0) is 14.0. The molecule has 3 heteroatoms. The van der Waals surface area contributed by atoms with Gasteiger partial charge in [0.1, 0.15) is 0 Å². The molecule has 1 aromatic carbocycles. The van der Waals surface area contributed by atoms with E-state index in [0.717, 1.165) is 24.0 Å². The summed E-state index contributed by atoms with van der Waals surface area (Å²) in [5.74, 6) is 0.758. The van der Waals surface area contributed by atoms with Crippen LogP contribution in [0.15, 0.2) is 18.2 Å². The van der Waals surface area contributed by atoms with E-state index >= 15 is 0 Å². The molecule has 1 saturated heterocycles. The minimum Gasteiger partial charge on any atom is -0.367 e. The molecule has 0 amide bonds. The molecule has 2 unspecified atom stereocenters. The van der Waals surface area contributed by atoms with Crippen molar-refractivity contribution in [3.8, 4) is 0 Å². The van der Waals surface area contributed by atoms with Crippen molar-refractivity contribution in [2.45, 2.75) is 52.7 Å². The van der Waals surface area contributed by atoms with Gasteiger partial charge in [0.25, 0.3) is 0 Å². The first-order valence-corrected chi connectivity index (χ1v) is 7.63. The van der Waals surface area contributed by atoms with Crippen molar-refractivity contribution < 1.29 is 0 Å². The van der Waals surface area contributed by atoms with Crippen molar-refractivity contribution in [2.24, 2.45) is 5.92 Å². The van der Waals surface area contributed by atoms with Crippen molar-refractivity contribution in [2.75, 3.05) is 11.4 Å². The molecule has 0 radical (unpaired) electrons. The molecule has 2 nitrogen and oxygen atoms in total. The molecule has 19 heavy (non-hydrogen) atoms. The van der Waals surface area contributed by atoms with Crippen LogP contribution in [0, 0.1) is 5.92 Å². The summed E-state index contributed by atoms with van der Waals surface area (Å²) in [5, 5.41) is 4.30. The monoisotopic (exact) mass is 280 g/mol. The normalized spacial score (nSPS) is 23.4. The summed E-state index contributed by atoms with van der Waals surface area (Å²) in [6.45, 7) is 10.9. The van der Waals surface area contributed by atoms with Gasteiger partial charge in [-0.1, -0.05) is 38.4 Å². The Labute approximate surface area is 122 Å². The second-order valence-electron chi connectivity index (χ2n) is 6.16. The van der Waals surface area contributed by atoms with Gasteiger partial charge in [-0.25, -0.2) is 0 Å². The smallest absolute Gasteiger partial charge is 0.0642 e. The Balaban J connectivity index is 2.11. The lowest BCUT2D eigenvalue weighted by Crippen LogP contribution is -2.27. The average Bonchev–Trinajstić information content (AvgIpc) is 2.66. The SMILES string of the molecule is CC1CC(C)N(c2ccc(CNC(C)C)cc2Cl)C1. The second-order valence-corrected chi connectivity index (χ2v) is 6.57. The standard InChI is InChI=1S/C16H25ClN2/c1-11(2)18-9-14-5-6-16(15(17)8-14)19-10-12(3)7-13(19)4/h5-6,8,11-13,18H,7,9-10H2,1-4H3. The van der Waals surface area contributed by atoms with E-state index in [9.17, 15) is 0 Å². The topological polar surface area (TPSA) is 15.3 Å². The first kappa shape index (κ1) is 14.7. The Bertz CT molecular complexity index is 431. The Morgan fingerprint density at radius 1 is 1.37 bits per heavy atom. The van der Waals surface area contributed by atoms with E-state index in [2.05, 4.69) is 56.1 Å². The molecule has 1 N–H and O–H groups in total. The minimum absolute atomic E-state index is 0.498. The summed E-state index contributed by atoms with van der Waals surface area (Å²) in [4.78, 5) is 2.44. The fraction of sp³-hybridized carbons (Fsp3) is 0.625. The summed E-state index contributed by atoms with van der Waals surface area (Å²) < 4.78 is 0. The van der Waals surface area contributed by atoms with E-state index in [1.54, 1.807) is 0 Å². The summed E-state index contributed by atoms with van der Waals surface area (Å²) >= 11 is 6.47. The van der Waals surface area contributed by atoms with Crippen LogP contribution >= 0.6 is 11.6 Å². The number of halogens is 1. The Hall–Kier alpha value is -0.730. The van der Waals surface area contributed by atoms with Crippen LogP contribution in [0.4, 0.5) is 5.69 Å². The third kappa shape index (κ3) is 3.64. The number of anilines is 1. The molecule has 1 aliphatic heterocycles. The molecule has 0 bridgehead atoms. The third-order valence-electron chi connectivity index (χ3n) is 3.82. The second kappa shape index (κ2) is 6.15. The molecule has 0 aromatic heterocycles. The van der Waals surface area contributed by atoms with E-state index in [0.29, 0.717) is 12.1 Å². The summed E-state index contributed by atoms with van der Waals surface area (Å²) in [5.41, 5.74) is 2.44. The van der Waals surface area contributed by atoms with E-state index in [4.69, 9.17) is 11.6 Å². The van der Waals surface area contributed by atoms with Gasteiger partial charge in [0.05, 0.1) is 10.7 Å². The van der Waals surface area contributed by atoms with Gasteiger partial charge < -0.3 is 10.2 Å². The molecule has 1 aliphatic rings. The maximum atomic E-state index is 6.47. The molecule has 2 rings (SSSR count). The van der Waals surface area contributed by atoms with Gasteiger partial charge in [-0.05, 0) is 37.0 Å². The molecule has 0 spiro atoms. The molecule has 1 fully saturated rings. The lowest BCUT2D eigenvalue weighted by molar-refractivity contribution is 0.589. The van der Waals surface area contributed by atoms with Crippen LogP contribution in [0.3, 0.4) is 0 Å². The molecular weight excluding hydrogens is 256 g/mol. The Morgan fingerprint density at radius 2 is 2.11 bits per heavy atom. The maximum Gasteiger partial charge on any atom is 0.0642 e. The van der Waals surface area contributed by atoms with Crippen molar-refractivity contribution in [1.82, 2.24) is 5.32 Å². The highest BCUT2D eigenvalue weighted by Crippen LogP contribution is 2.34. The van der Waals surface area contributed by atoms with E-state index in [1.165, 1.54) is 17.7 Å². The lowest BCUT2D eigenvalue weighted by Gasteiger charge is -2.25. The highest BCUT2D eigenvalue weighted by Gasteiger charge is 2.27. The van der Waals surface area contributed by atoms with Gasteiger partial charge in [0, 0.05) is 25.2 Å². The van der Waals surface area contributed by atoms with Gasteiger partial charge in [-0.2, -0.15) is 0 Å². The van der Waals surface area contributed by atoms with Crippen LogP contribution in [0.1, 0.15) is 39.7 Å². The maximum absolute atomic E-state index is 6.47. The Kier molecular flexibility index (Phi) is 4.75. The van der Waals surface area contributed by atoms with Gasteiger partial charge >= 0.3 is 0 Å². The number of hydrogen-bond acceptors (Lipinski definition) is 2. The number of hydrogen-bond donors (Lipinski definition) is 1. The molecule has 2 atom stereocenters. The van der Waals surface area contributed by atoms with E-state index in [-0.39, 0.29) is 0 Å². The van der Waals surface area contributed by atoms with Gasteiger partial charge in [0.15, 0.2) is 0 Å². The van der Waals surface area contributed by atoms with Gasteiger partial charge in [-0.3, -0.25) is 0 Å². The predicted molar refractivity (Wildman–Crippen MR) is 84.0 cm³/mol. The van der Waals surface area contributed by atoms with Gasteiger partial charge in [-0.15, -0.1) is 0 Å². The van der Waals surface area contributed by atoms with E-state index < -0.39 is 0 Å². The summed E-state index contributed by atoms with van der Waals surface area (Å²) in [7, 11) is 0. The van der Waals surface area contributed by atoms with Crippen LogP contribution in [0.2, 0.25) is 5.02 Å². The number of rotatable bonds is 4. The average molecular weight is 281 g/mol. The van der Waals surface area contributed by atoms with Crippen LogP contribution in [0.25, 0.3) is 0 Å².